The second-order valence-corrected chi connectivity index (χ2v) is 7.27. The standard InChI is InChI=1S/C26H29FN4O/c1-6-8-9-10-11-18(3)31-26(29-23-16-17-24(32-5)28-19(23)4)25(22(7-2)30-31)20-12-14-21(27)15-13-20/h6,8-17,29H,7H2,1-5H3/b8-6+,10-9-,18-11+. The first-order chi connectivity index (χ1) is 15.5. The van der Waals surface area contributed by atoms with E-state index >= 15 is 0 Å². The number of nitrogens with one attached hydrogen (secondary N) is 1. The topological polar surface area (TPSA) is 52.0 Å². The molecule has 2 aromatic heterocycles. The number of allylic oxidation sites excluding steroid dienone is 6. The molecule has 3 aromatic rings. The molecular weight excluding hydrogens is 403 g/mol. The summed E-state index contributed by atoms with van der Waals surface area (Å²) in [6, 6.07) is 10.3. The van der Waals surface area contributed by atoms with Crippen LogP contribution in [0.1, 0.15) is 32.2 Å². The summed E-state index contributed by atoms with van der Waals surface area (Å²) < 4.78 is 20.7. The van der Waals surface area contributed by atoms with Gasteiger partial charge in [0, 0.05) is 17.3 Å². The average molecular weight is 433 g/mol. The number of hydrogen-bond donors (Lipinski definition) is 1. The van der Waals surface area contributed by atoms with Crippen LogP contribution in [0.15, 0.2) is 66.8 Å². The van der Waals surface area contributed by atoms with E-state index < -0.39 is 0 Å². The number of anilines is 2. The zero-order valence-electron chi connectivity index (χ0n) is 19.2. The number of nitrogens with zero attached hydrogens (tertiary/aromatic N) is 3. The number of pyridine rings is 1. The van der Waals surface area contributed by atoms with E-state index in [4.69, 9.17) is 9.84 Å². The third-order valence-corrected chi connectivity index (χ3v) is 5.03. The van der Waals surface area contributed by atoms with Gasteiger partial charge in [0.05, 0.1) is 24.2 Å². The quantitative estimate of drug-likeness (QED) is 0.402. The van der Waals surface area contributed by atoms with Gasteiger partial charge in [-0.05, 0) is 57.0 Å². The first-order valence-electron chi connectivity index (χ1n) is 10.6. The first kappa shape index (κ1) is 23.0. The third kappa shape index (κ3) is 5.14. The van der Waals surface area contributed by atoms with Crippen LogP contribution in [-0.4, -0.2) is 21.9 Å². The van der Waals surface area contributed by atoms with Crippen LogP contribution >= 0.6 is 0 Å². The van der Waals surface area contributed by atoms with Gasteiger partial charge in [-0.25, -0.2) is 14.1 Å². The molecule has 0 amide bonds. The molecule has 0 aliphatic heterocycles. The number of methoxy groups -OCH3 is 1. The van der Waals surface area contributed by atoms with E-state index in [9.17, 15) is 4.39 Å². The van der Waals surface area contributed by atoms with E-state index in [0.29, 0.717) is 5.88 Å². The van der Waals surface area contributed by atoms with E-state index in [1.54, 1.807) is 19.2 Å². The molecule has 2 heterocycles. The van der Waals surface area contributed by atoms with E-state index in [-0.39, 0.29) is 5.82 Å². The molecule has 32 heavy (non-hydrogen) atoms. The fourth-order valence-electron chi connectivity index (χ4n) is 3.35. The van der Waals surface area contributed by atoms with Crippen LogP contribution < -0.4 is 10.1 Å². The fraction of sp³-hybridized carbons (Fsp3) is 0.231. The highest BCUT2D eigenvalue weighted by Crippen LogP contribution is 2.36. The summed E-state index contributed by atoms with van der Waals surface area (Å²) in [6.45, 7) is 7.97. The van der Waals surface area contributed by atoms with Crippen molar-refractivity contribution in [1.29, 1.82) is 0 Å². The molecule has 0 saturated carbocycles. The fourth-order valence-corrected chi connectivity index (χ4v) is 3.35. The van der Waals surface area contributed by atoms with Gasteiger partial charge in [-0.3, -0.25) is 0 Å². The predicted octanol–water partition coefficient (Wildman–Crippen LogP) is 6.70. The normalized spacial score (nSPS) is 12.1. The van der Waals surface area contributed by atoms with Gasteiger partial charge in [-0.2, -0.15) is 5.10 Å². The monoisotopic (exact) mass is 432 g/mol. The van der Waals surface area contributed by atoms with Crippen LogP contribution in [0.2, 0.25) is 0 Å². The molecule has 3 rings (SSSR count). The molecule has 0 radical (unpaired) electrons. The zero-order valence-corrected chi connectivity index (χ0v) is 19.2. The summed E-state index contributed by atoms with van der Waals surface area (Å²) in [7, 11) is 1.60. The number of rotatable bonds is 8. The molecule has 0 atom stereocenters. The Morgan fingerprint density at radius 3 is 2.50 bits per heavy atom. The van der Waals surface area contributed by atoms with Crippen molar-refractivity contribution in [2.45, 2.75) is 34.1 Å². The minimum Gasteiger partial charge on any atom is -0.481 e. The van der Waals surface area contributed by atoms with Crippen molar-refractivity contribution in [2.75, 3.05) is 12.4 Å². The summed E-state index contributed by atoms with van der Waals surface area (Å²) in [5.74, 6) is 1.09. The zero-order chi connectivity index (χ0) is 23.1. The summed E-state index contributed by atoms with van der Waals surface area (Å²) >= 11 is 0. The maximum absolute atomic E-state index is 13.6. The Bertz CT molecular complexity index is 1160. The molecule has 0 spiro atoms. The number of aromatic nitrogens is 3. The minimum atomic E-state index is -0.269. The van der Waals surface area contributed by atoms with Gasteiger partial charge in [0.25, 0.3) is 0 Å². The Hall–Kier alpha value is -3.67. The van der Waals surface area contributed by atoms with Gasteiger partial charge in [0.15, 0.2) is 0 Å². The van der Waals surface area contributed by atoms with Gasteiger partial charge >= 0.3 is 0 Å². The van der Waals surface area contributed by atoms with E-state index in [0.717, 1.165) is 46.1 Å². The van der Waals surface area contributed by atoms with E-state index in [1.807, 2.05) is 68.0 Å². The molecule has 0 aliphatic rings. The summed E-state index contributed by atoms with van der Waals surface area (Å²) in [4.78, 5) is 4.48. The van der Waals surface area contributed by atoms with E-state index in [2.05, 4.69) is 17.2 Å². The smallest absolute Gasteiger partial charge is 0.213 e. The Kier molecular flexibility index (Phi) is 7.60. The van der Waals surface area contributed by atoms with Crippen molar-refractivity contribution in [3.05, 3.63) is 84.0 Å². The molecule has 0 saturated heterocycles. The van der Waals surface area contributed by atoms with Crippen LogP contribution in [-0.2, 0) is 6.42 Å². The van der Waals surface area contributed by atoms with Crippen molar-refractivity contribution in [3.8, 4) is 17.0 Å². The summed E-state index contributed by atoms with van der Waals surface area (Å²) in [5.41, 5.74) is 5.34. The molecule has 0 unspecified atom stereocenters. The van der Waals surface area contributed by atoms with Crippen molar-refractivity contribution < 1.29 is 9.13 Å². The maximum Gasteiger partial charge on any atom is 0.213 e. The Morgan fingerprint density at radius 1 is 1.12 bits per heavy atom. The van der Waals surface area contributed by atoms with Crippen LogP contribution in [0.3, 0.4) is 0 Å². The number of hydrogen-bond acceptors (Lipinski definition) is 4. The second-order valence-electron chi connectivity index (χ2n) is 7.27. The SMILES string of the molecule is C/C=C/C=C\C=C(/C)n1nc(CC)c(-c2ccc(F)cc2)c1Nc1ccc(OC)nc1C. The van der Waals surface area contributed by atoms with Crippen LogP contribution in [0.5, 0.6) is 5.88 Å². The Labute approximate surface area is 189 Å². The number of halogens is 1. The summed E-state index contributed by atoms with van der Waals surface area (Å²) in [5, 5.41) is 8.40. The molecular formula is C26H29FN4O. The largest absolute Gasteiger partial charge is 0.481 e. The van der Waals surface area contributed by atoms with Crippen molar-refractivity contribution in [2.24, 2.45) is 0 Å². The lowest BCUT2D eigenvalue weighted by Crippen LogP contribution is -2.05. The predicted molar refractivity (Wildman–Crippen MR) is 130 cm³/mol. The average Bonchev–Trinajstić information content (AvgIpc) is 3.16. The molecule has 1 N–H and O–H groups in total. The van der Waals surface area contributed by atoms with Crippen molar-refractivity contribution in [1.82, 2.24) is 14.8 Å². The summed E-state index contributed by atoms with van der Waals surface area (Å²) in [6.07, 6.45) is 10.6. The van der Waals surface area contributed by atoms with Crippen LogP contribution in [0.25, 0.3) is 16.8 Å². The highest BCUT2D eigenvalue weighted by molar-refractivity contribution is 5.83. The lowest BCUT2D eigenvalue weighted by Gasteiger charge is -2.15. The molecule has 5 nitrogen and oxygen atoms in total. The maximum atomic E-state index is 13.6. The van der Waals surface area contributed by atoms with Gasteiger partial charge in [0.2, 0.25) is 5.88 Å². The lowest BCUT2D eigenvalue weighted by atomic mass is 10.0. The molecule has 0 fully saturated rings. The first-order valence-corrected chi connectivity index (χ1v) is 10.6. The number of ether oxygens (including phenoxy) is 1. The van der Waals surface area contributed by atoms with Gasteiger partial charge in [-0.1, -0.05) is 43.4 Å². The van der Waals surface area contributed by atoms with Gasteiger partial charge < -0.3 is 10.1 Å². The minimum absolute atomic E-state index is 0.269. The molecule has 6 heteroatoms. The molecule has 0 aliphatic carbocycles. The molecule has 166 valence electrons. The molecule has 1 aromatic carbocycles. The number of aryl methyl sites for hydroxylation is 2. The van der Waals surface area contributed by atoms with Crippen molar-refractivity contribution in [3.63, 3.8) is 0 Å². The van der Waals surface area contributed by atoms with Gasteiger partial charge in [-0.15, -0.1) is 0 Å². The third-order valence-electron chi connectivity index (χ3n) is 5.03. The second kappa shape index (κ2) is 10.6. The highest BCUT2D eigenvalue weighted by Gasteiger charge is 2.20. The lowest BCUT2D eigenvalue weighted by molar-refractivity contribution is 0.397. The number of benzene rings is 1. The van der Waals surface area contributed by atoms with E-state index in [1.165, 1.54) is 12.1 Å². The Balaban J connectivity index is 2.18. The van der Waals surface area contributed by atoms with Crippen LogP contribution in [0.4, 0.5) is 15.9 Å². The van der Waals surface area contributed by atoms with Crippen LogP contribution in [0, 0.1) is 12.7 Å². The highest BCUT2D eigenvalue weighted by atomic mass is 19.1. The van der Waals surface area contributed by atoms with Crippen molar-refractivity contribution >= 4 is 17.2 Å². The molecule has 0 bridgehead atoms. The van der Waals surface area contributed by atoms with Gasteiger partial charge in [0.1, 0.15) is 11.6 Å². The Morgan fingerprint density at radius 2 is 1.88 bits per heavy atom.